The first-order valence-electron chi connectivity index (χ1n) is 9.33. The van der Waals surface area contributed by atoms with Crippen LogP contribution in [-0.4, -0.2) is 22.5 Å². The molecule has 148 valence electrons. The van der Waals surface area contributed by atoms with Crippen LogP contribution in [0.2, 0.25) is 0 Å². The lowest BCUT2D eigenvalue weighted by Crippen LogP contribution is -2.23. The number of hydrogen-bond acceptors (Lipinski definition) is 6. The molecule has 4 rings (SSSR count). The molecule has 0 aromatic carbocycles. The van der Waals surface area contributed by atoms with E-state index < -0.39 is 0 Å². The molecule has 0 aliphatic heterocycles. The molecule has 8 nitrogen and oxygen atoms in total. The van der Waals surface area contributed by atoms with Crippen molar-refractivity contribution in [3.63, 3.8) is 0 Å². The van der Waals surface area contributed by atoms with E-state index in [0.29, 0.717) is 34.8 Å². The smallest absolute Gasteiger partial charge is 0.287 e. The van der Waals surface area contributed by atoms with E-state index >= 15 is 0 Å². The van der Waals surface area contributed by atoms with Gasteiger partial charge in [-0.25, -0.2) is 5.43 Å². The quantitative estimate of drug-likeness (QED) is 0.649. The lowest BCUT2D eigenvalue weighted by atomic mass is 9.93. The van der Waals surface area contributed by atoms with E-state index in [-0.39, 0.29) is 24.1 Å². The Labute approximate surface area is 167 Å². The fourth-order valence-corrected chi connectivity index (χ4v) is 3.34. The minimum atomic E-state index is -0.315. The molecule has 0 saturated heterocycles. The van der Waals surface area contributed by atoms with E-state index in [9.17, 15) is 9.59 Å². The molecule has 2 amide bonds. The van der Waals surface area contributed by atoms with Gasteiger partial charge in [-0.2, -0.15) is 5.10 Å². The number of carbonyl (C=O) groups is 2. The molecule has 0 saturated carbocycles. The average Bonchev–Trinajstić information content (AvgIpc) is 3.39. The Hall–Kier alpha value is -3.68. The highest BCUT2D eigenvalue weighted by atomic mass is 16.4. The van der Waals surface area contributed by atoms with Crippen LogP contribution in [0.3, 0.4) is 0 Å². The van der Waals surface area contributed by atoms with Crippen LogP contribution in [0.4, 0.5) is 0 Å². The largest absolute Gasteiger partial charge is 0.467 e. The van der Waals surface area contributed by atoms with Crippen molar-refractivity contribution in [3.8, 4) is 0 Å². The Morgan fingerprint density at radius 3 is 2.76 bits per heavy atom. The molecule has 0 atom stereocenters. The Morgan fingerprint density at radius 2 is 2.00 bits per heavy atom. The maximum Gasteiger partial charge on any atom is 0.287 e. The van der Waals surface area contributed by atoms with Crippen molar-refractivity contribution in [2.24, 2.45) is 5.10 Å². The minimum Gasteiger partial charge on any atom is -0.467 e. The van der Waals surface area contributed by atoms with Crippen molar-refractivity contribution in [1.29, 1.82) is 0 Å². The van der Waals surface area contributed by atoms with Crippen LogP contribution in [0.5, 0.6) is 0 Å². The number of fused-ring (bicyclic) bond motifs is 1. The summed E-state index contributed by atoms with van der Waals surface area (Å²) >= 11 is 0. The van der Waals surface area contributed by atoms with Crippen molar-refractivity contribution in [3.05, 3.63) is 76.9 Å². The number of amides is 2. The van der Waals surface area contributed by atoms with Crippen molar-refractivity contribution in [1.82, 2.24) is 15.7 Å². The molecule has 3 aromatic rings. The molecular weight excluding hydrogens is 372 g/mol. The molecule has 3 aromatic heterocycles. The van der Waals surface area contributed by atoms with E-state index in [1.165, 1.54) is 0 Å². The third-order valence-corrected chi connectivity index (χ3v) is 4.77. The van der Waals surface area contributed by atoms with Gasteiger partial charge in [0.2, 0.25) is 0 Å². The fraction of sp³-hybridized carbons (Fsp3) is 0.238. The van der Waals surface area contributed by atoms with Crippen molar-refractivity contribution in [2.75, 3.05) is 0 Å². The van der Waals surface area contributed by atoms with Gasteiger partial charge in [0.1, 0.15) is 11.5 Å². The number of aryl methyl sites for hydroxylation is 1. The second-order valence-corrected chi connectivity index (χ2v) is 6.71. The van der Waals surface area contributed by atoms with Crippen LogP contribution in [0.1, 0.15) is 56.4 Å². The molecule has 8 heteroatoms. The zero-order chi connectivity index (χ0) is 20.2. The second kappa shape index (κ2) is 8.14. The van der Waals surface area contributed by atoms with Crippen molar-refractivity contribution < 1.29 is 18.4 Å². The van der Waals surface area contributed by atoms with Gasteiger partial charge in [0.05, 0.1) is 18.5 Å². The molecule has 1 aliphatic rings. The van der Waals surface area contributed by atoms with E-state index in [1.54, 1.807) is 42.9 Å². The zero-order valence-electron chi connectivity index (χ0n) is 15.9. The predicted molar refractivity (Wildman–Crippen MR) is 105 cm³/mol. The molecule has 0 fully saturated rings. The number of hydrogen-bond donors (Lipinski definition) is 2. The molecule has 0 unspecified atom stereocenters. The van der Waals surface area contributed by atoms with Gasteiger partial charge in [0, 0.05) is 35.5 Å². The highest BCUT2D eigenvalue weighted by Gasteiger charge is 2.28. The molecule has 0 spiro atoms. The molecule has 1 aliphatic carbocycles. The molecule has 2 N–H and O–H groups in total. The summed E-state index contributed by atoms with van der Waals surface area (Å²) in [6.45, 7) is 2.11. The van der Waals surface area contributed by atoms with Gasteiger partial charge in [-0.15, -0.1) is 0 Å². The summed E-state index contributed by atoms with van der Waals surface area (Å²) < 4.78 is 11.1. The first kappa shape index (κ1) is 18.7. The fourth-order valence-electron chi connectivity index (χ4n) is 3.34. The lowest BCUT2D eigenvalue weighted by molar-refractivity contribution is 0.0916. The highest BCUT2D eigenvalue weighted by molar-refractivity contribution is 6.07. The Morgan fingerprint density at radius 1 is 1.17 bits per heavy atom. The van der Waals surface area contributed by atoms with Gasteiger partial charge in [-0.3, -0.25) is 14.6 Å². The number of rotatable bonds is 5. The number of pyridine rings is 1. The summed E-state index contributed by atoms with van der Waals surface area (Å²) in [5.41, 5.74) is 5.28. The monoisotopic (exact) mass is 392 g/mol. The Bertz CT molecular complexity index is 1050. The SMILES string of the molecule is Cc1c(C(=O)NCc2ccco2)oc2c1/C(=N/NC(=O)c1ccncc1)CCC2. The maximum absolute atomic E-state index is 12.6. The first-order valence-corrected chi connectivity index (χ1v) is 9.33. The van der Waals surface area contributed by atoms with Crippen LogP contribution >= 0.6 is 0 Å². The van der Waals surface area contributed by atoms with Crippen LogP contribution in [0.25, 0.3) is 0 Å². The Balaban J connectivity index is 1.52. The van der Waals surface area contributed by atoms with E-state index in [1.807, 2.05) is 6.92 Å². The standard InChI is InChI=1S/C21H20N4O4/c1-13-18-16(24-25-20(26)14-7-9-22-10-8-14)5-2-6-17(18)29-19(13)21(27)23-12-15-4-3-11-28-15/h3-4,7-11H,2,5-6,12H2,1H3,(H,23,27)(H,25,26)/b24-16+. The lowest BCUT2D eigenvalue weighted by Gasteiger charge is -2.13. The number of furan rings is 2. The van der Waals surface area contributed by atoms with Crippen LogP contribution < -0.4 is 10.7 Å². The summed E-state index contributed by atoms with van der Waals surface area (Å²) in [6.07, 6.45) is 6.90. The summed E-state index contributed by atoms with van der Waals surface area (Å²) in [5.74, 6) is 1.01. The van der Waals surface area contributed by atoms with Gasteiger partial charge < -0.3 is 14.2 Å². The van der Waals surface area contributed by atoms with Gasteiger partial charge in [0.25, 0.3) is 11.8 Å². The van der Waals surface area contributed by atoms with E-state index in [2.05, 4.69) is 20.8 Å². The number of carbonyl (C=O) groups excluding carboxylic acids is 2. The minimum absolute atomic E-state index is 0.261. The third-order valence-electron chi connectivity index (χ3n) is 4.77. The molecule has 29 heavy (non-hydrogen) atoms. The summed E-state index contributed by atoms with van der Waals surface area (Å²) in [4.78, 5) is 28.7. The van der Waals surface area contributed by atoms with Crippen LogP contribution in [0, 0.1) is 6.92 Å². The summed E-state index contributed by atoms with van der Waals surface area (Å²) in [7, 11) is 0. The van der Waals surface area contributed by atoms with E-state index in [0.717, 1.165) is 18.4 Å². The maximum atomic E-state index is 12.6. The second-order valence-electron chi connectivity index (χ2n) is 6.71. The zero-order valence-corrected chi connectivity index (χ0v) is 15.9. The third kappa shape index (κ3) is 3.96. The normalized spacial score (nSPS) is 14.4. The van der Waals surface area contributed by atoms with Gasteiger partial charge in [-0.05, 0) is 44.0 Å². The van der Waals surface area contributed by atoms with Crippen molar-refractivity contribution in [2.45, 2.75) is 32.7 Å². The average molecular weight is 392 g/mol. The van der Waals surface area contributed by atoms with Crippen molar-refractivity contribution >= 4 is 17.5 Å². The summed E-state index contributed by atoms with van der Waals surface area (Å²) in [6, 6.07) is 6.79. The topological polar surface area (TPSA) is 110 Å². The highest BCUT2D eigenvalue weighted by Crippen LogP contribution is 2.29. The molecule has 0 radical (unpaired) electrons. The Kier molecular flexibility index (Phi) is 5.24. The number of nitrogens with one attached hydrogen (secondary N) is 2. The number of hydrazone groups is 1. The van der Waals surface area contributed by atoms with E-state index in [4.69, 9.17) is 8.83 Å². The molecule has 3 heterocycles. The van der Waals surface area contributed by atoms with Crippen LogP contribution in [-0.2, 0) is 13.0 Å². The van der Waals surface area contributed by atoms with Crippen LogP contribution in [0.15, 0.2) is 56.9 Å². The van der Waals surface area contributed by atoms with Gasteiger partial charge in [-0.1, -0.05) is 0 Å². The van der Waals surface area contributed by atoms with Gasteiger partial charge in [0.15, 0.2) is 5.76 Å². The number of nitrogens with zero attached hydrogens (tertiary/aromatic N) is 2. The molecular formula is C21H20N4O4. The molecule has 0 bridgehead atoms. The number of aromatic nitrogens is 1. The predicted octanol–water partition coefficient (Wildman–Crippen LogP) is 2.98. The summed E-state index contributed by atoms with van der Waals surface area (Å²) in [5, 5.41) is 7.11. The van der Waals surface area contributed by atoms with Gasteiger partial charge >= 0.3 is 0 Å². The first-order chi connectivity index (χ1) is 14.1.